The van der Waals surface area contributed by atoms with Crippen LogP contribution in [0.4, 0.5) is 14.5 Å². The van der Waals surface area contributed by atoms with Crippen LogP contribution in [0.1, 0.15) is 18.5 Å². The maximum Gasteiger partial charge on any atom is 0.238 e. The van der Waals surface area contributed by atoms with E-state index in [0.29, 0.717) is 5.75 Å². The second kappa shape index (κ2) is 8.21. The Labute approximate surface area is 147 Å². The molecule has 0 aliphatic rings. The number of carbonyl (C=O) groups is 1. The average Bonchev–Trinajstić information content (AvgIpc) is 2.56. The van der Waals surface area contributed by atoms with Gasteiger partial charge < -0.3 is 15.4 Å². The zero-order valence-electron chi connectivity index (χ0n) is 13.2. The summed E-state index contributed by atoms with van der Waals surface area (Å²) in [6.45, 7) is 1.80. The SMILES string of the molecule is COc1ccc([C@@H](C)NCC(=O)Nc2c(F)cccc2F)cc1Br. The van der Waals surface area contributed by atoms with Crippen molar-refractivity contribution in [1.82, 2.24) is 5.32 Å². The number of hydrogen-bond acceptors (Lipinski definition) is 3. The molecular weight excluding hydrogens is 382 g/mol. The van der Waals surface area contributed by atoms with Crippen molar-refractivity contribution in [2.45, 2.75) is 13.0 Å². The van der Waals surface area contributed by atoms with E-state index in [4.69, 9.17) is 4.74 Å². The molecule has 1 amide bonds. The van der Waals surface area contributed by atoms with Crippen molar-refractivity contribution >= 4 is 27.5 Å². The van der Waals surface area contributed by atoms with Crippen LogP contribution in [0.3, 0.4) is 0 Å². The topological polar surface area (TPSA) is 50.4 Å². The summed E-state index contributed by atoms with van der Waals surface area (Å²) in [6, 6.07) is 8.84. The Balaban J connectivity index is 1.95. The van der Waals surface area contributed by atoms with Crippen molar-refractivity contribution < 1.29 is 18.3 Å². The number of hydrogen-bond donors (Lipinski definition) is 2. The van der Waals surface area contributed by atoms with Crippen molar-refractivity contribution in [2.24, 2.45) is 0 Å². The van der Waals surface area contributed by atoms with Crippen LogP contribution >= 0.6 is 15.9 Å². The lowest BCUT2D eigenvalue weighted by atomic mass is 10.1. The van der Waals surface area contributed by atoms with Gasteiger partial charge in [-0.25, -0.2) is 8.78 Å². The maximum absolute atomic E-state index is 13.5. The molecule has 0 aliphatic carbocycles. The molecular formula is C17H17BrF2N2O2. The molecule has 2 aromatic carbocycles. The average molecular weight is 399 g/mol. The fourth-order valence-corrected chi connectivity index (χ4v) is 2.67. The number of benzene rings is 2. The van der Waals surface area contributed by atoms with E-state index in [2.05, 4.69) is 26.6 Å². The first-order chi connectivity index (χ1) is 11.4. The van der Waals surface area contributed by atoms with Crippen LogP contribution in [0, 0.1) is 11.6 Å². The molecule has 0 aromatic heterocycles. The maximum atomic E-state index is 13.5. The van der Waals surface area contributed by atoms with Crippen LogP contribution in [-0.4, -0.2) is 19.6 Å². The number of methoxy groups -OCH3 is 1. The highest BCUT2D eigenvalue weighted by Crippen LogP contribution is 2.27. The molecule has 0 fully saturated rings. The Morgan fingerprint density at radius 1 is 1.25 bits per heavy atom. The van der Waals surface area contributed by atoms with E-state index in [-0.39, 0.29) is 12.6 Å². The first-order valence-corrected chi connectivity index (χ1v) is 8.02. The van der Waals surface area contributed by atoms with Gasteiger partial charge in [0.15, 0.2) is 0 Å². The first-order valence-electron chi connectivity index (χ1n) is 7.23. The summed E-state index contributed by atoms with van der Waals surface area (Å²) < 4.78 is 33.0. The summed E-state index contributed by atoms with van der Waals surface area (Å²) in [4.78, 5) is 11.9. The van der Waals surface area contributed by atoms with Gasteiger partial charge in [-0.3, -0.25) is 4.79 Å². The van der Waals surface area contributed by atoms with Gasteiger partial charge in [0, 0.05) is 6.04 Å². The fourth-order valence-electron chi connectivity index (χ4n) is 2.12. The lowest BCUT2D eigenvalue weighted by Crippen LogP contribution is -2.30. The highest BCUT2D eigenvalue weighted by molar-refractivity contribution is 9.10. The van der Waals surface area contributed by atoms with Crippen LogP contribution in [0.15, 0.2) is 40.9 Å². The molecule has 2 N–H and O–H groups in total. The van der Waals surface area contributed by atoms with Gasteiger partial charge in [-0.1, -0.05) is 12.1 Å². The van der Waals surface area contributed by atoms with Crippen LogP contribution in [0.25, 0.3) is 0 Å². The van der Waals surface area contributed by atoms with Gasteiger partial charge in [0.1, 0.15) is 23.1 Å². The van der Waals surface area contributed by atoms with Crippen LogP contribution in [-0.2, 0) is 4.79 Å². The largest absolute Gasteiger partial charge is 0.496 e. The highest BCUT2D eigenvalue weighted by atomic mass is 79.9. The van der Waals surface area contributed by atoms with Crippen molar-refractivity contribution in [1.29, 1.82) is 0 Å². The Morgan fingerprint density at radius 2 is 1.92 bits per heavy atom. The van der Waals surface area contributed by atoms with Crippen molar-refractivity contribution in [2.75, 3.05) is 19.0 Å². The minimum atomic E-state index is -0.810. The molecule has 7 heteroatoms. The number of rotatable bonds is 6. The van der Waals surface area contributed by atoms with Gasteiger partial charge in [0.25, 0.3) is 0 Å². The van der Waals surface area contributed by atoms with Gasteiger partial charge in [0.2, 0.25) is 5.91 Å². The molecule has 0 aliphatic heterocycles. The Morgan fingerprint density at radius 3 is 2.50 bits per heavy atom. The Bertz CT molecular complexity index is 720. The van der Waals surface area contributed by atoms with E-state index < -0.39 is 23.2 Å². The molecule has 0 saturated carbocycles. The highest BCUT2D eigenvalue weighted by Gasteiger charge is 2.13. The quantitative estimate of drug-likeness (QED) is 0.772. The van der Waals surface area contributed by atoms with Crippen molar-refractivity contribution in [3.8, 4) is 5.75 Å². The second-order valence-electron chi connectivity index (χ2n) is 5.14. The lowest BCUT2D eigenvalue weighted by Gasteiger charge is -2.16. The van der Waals surface area contributed by atoms with E-state index in [1.807, 2.05) is 25.1 Å². The molecule has 0 saturated heterocycles. The van der Waals surface area contributed by atoms with Gasteiger partial charge >= 0.3 is 0 Å². The van der Waals surface area contributed by atoms with E-state index in [1.54, 1.807) is 7.11 Å². The smallest absolute Gasteiger partial charge is 0.238 e. The molecule has 2 rings (SSSR count). The number of halogens is 3. The van der Waals surface area contributed by atoms with Crippen LogP contribution in [0.2, 0.25) is 0 Å². The summed E-state index contributed by atoms with van der Waals surface area (Å²) in [5, 5.41) is 5.24. The van der Waals surface area contributed by atoms with Crippen molar-refractivity contribution in [3.05, 3.63) is 58.1 Å². The molecule has 1 atom stereocenters. The number of anilines is 1. The molecule has 128 valence electrons. The predicted octanol–water partition coefficient (Wildman–Crippen LogP) is 4.03. The predicted molar refractivity (Wildman–Crippen MR) is 92.1 cm³/mol. The number of ether oxygens (including phenoxy) is 1. The first kappa shape index (κ1) is 18.4. The van der Waals surface area contributed by atoms with Crippen LogP contribution < -0.4 is 15.4 Å². The number of nitrogens with one attached hydrogen (secondary N) is 2. The summed E-state index contributed by atoms with van der Waals surface area (Å²) in [5.74, 6) is -1.44. The van der Waals surface area contributed by atoms with Gasteiger partial charge in [-0.2, -0.15) is 0 Å². The third-order valence-electron chi connectivity index (χ3n) is 3.47. The molecule has 0 radical (unpaired) electrons. The van der Waals surface area contributed by atoms with E-state index >= 15 is 0 Å². The molecule has 0 bridgehead atoms. The zero-order valence-corrected chi connectivity index (χ0v) is 14.8. The minimum Gasteiger partial charge on any atom is -0.496 e. The molecule has 0 spiro atoms. The van der Waals surface area contributed by atoms with Crippen LogP contribution in [0.5, 0.6) is 5.75 Å². The third kappa shape index (κ3) is 4.52. The fraction of sp³-hybridized carbons (Fsp3) is 0.235. The van der Waals surface area contributed by atoms with Gasteiger partial charge in [-0.05, 0) is 52.7 Å². The summed E-state index contributed by atoms with van der Waals surface area (Å²) in [5.41, 5.74) is 0.497. The third-order valence-corrected chi connectivity index (χ3v) is 4.09. The van der Waals surface area contributed by atoms with E-state index in [0.717, 1.165) is 22.2 Å². The monoisotopic (exact) mass is 398 g/mol. The molecule has 24 heavy (non-hydrogen) atoms. The summed E-state index contributed by atoms with van der Waals surface area (Å²) >= 11 is 3.40. The molecule has 0 unspecified atom stereocenters. The molecule has 0 heterocycles. The van der Waals surface area contributed by atoms with E-state index in [1.165, 1.54) is 6.07 Å². The second-order valence-corrected chi connectivity index (χ2v) is 6.00. The minimum absolute atomic E-state index is 0.0847. The number of amides is 1. The molecule has 4 nitrogen and oxygen atoms in total. The number of carbonyl (C=O) groups excluding carboxylic acids is 1. The van der Waals surface area contributed by atoms with Gasteiger partial charge in [0.05, 0.1) is 18.1 Å². The Kier molecular flexibility index (Phi) is 6.28. The normalized spacial score (nSPS) is 11.9. The number of para-hydroxylation sites is 1. The summed E-state index contributed by atoms with van der Waals surface area (Å²) in [7, 11) is 1.58. The van der Waals surface area contributed by atoms with Gasteiger partial charge in [-0.15, -0.1) is 0 Å². The van der Waals surface area contributed by atoms with E-state index in [9.17, 15) is 13.6 Å². The molecule has 2 aromatic rings. The zero-order chi connectivity index (χ0) is 17.7. The standard InChI is InChI=1S/C17H17BrF2N2O2/c1-10(11-6-7-15(24-2)12(18)8-11)21-9-16(23)22-17-13(19)4-3-5-14(17)20/h3-8,10,21H,9H2,1-2H3,(H,22,23)/t10-/m1/s1. The lowest BCUT2D eigenvalue weighted by molar-refractivity contribution is -0.115. The summed E-state index contributed by atoms with van der Waals surface area (Å²) in [6.07, 6.45) is 0. The van der Waals surface area contributed by atoms with Crippen molar-refractivity contribution in [3.63, 3.8) is 0 Å². The Hall–Kier alpha value is -1.99.